The zero-order valence-electron chi connectivity index (χ0n) is 14.5. The number of hydrogen-bond acceptors (Lipinski definition) is 4. The Bertz CT molecular complexity index is 1080. The number of nitrogens with one attached hydrogen (secondary N) is 1. The number of amides is 1. The van der Waals surface area contributed by atoms with Crippen molar-refractivity contribution >= 4 is 16.7 Å². The van der Waals surface area contributed by atoms with Crippen molar-refractivity contribution in [3.05, 3.63) is 75.5 Å². The van der Waals surface area contributed by atoms with E-state index in [1.807, 2.05) is 12.1 Å². The van der Waals surface area contributed by atoms with Crippen LogP contribution in [-0.4, -0.2) is 45.3 Å². The highest BCUT2D eigenvalue weighted by Gasteiger charge is 2.27. The van der Waals surface area contributed by atoms with Gasteiger partial charge in [-0.1, -0.05) is 24.3 Å². The largest absolute Gasteiger partial charge is 0.391 e. The van der Waals surface area contributed by atoms with Crippen molar-refractivity contribution in [1.82, 2.24) is 15.1 Å². The van der Waals surface area contributed by atoms with Gasteiger partial charge in [-0.2, -0.15) is 5.10 Å². The minimum Gasteiger partial charge on any atom is -0.391 e. The molecule has 2 aromatic carbocycles. The molecule has 1 atom stereocenters. The minimum atomic E-state index is -0.593. The number of likely N-dealkylation sites (tertiary alicyclic amines) is 1. The van der Waals surface area contributed by atoms with Gasteiger partial charge in [0, 0.05) is 24.9 Å². The molecule has 0 bridgehead atoms. The molecule has 0 radical (unpaired) electrons. The first kappa shape index (κ1) is 17.4. The summed E-state index contributed by atoms with van der Waals surface area (Å²) >= 11 is 0. The molecule has 2 N–H and O–H groups in total. The molecule has 2 heterocycles. The average Bonchev–Trinajstić information content (AvgIpc) is 3.11. The second-order valence-electron chi connectivity index (χ2n) is 6.73. The molecule has 1 fully saturated rings. The summed E-state index contributed by atoms with van der Waals surface area (Å²) < 4.78 is 14.2. The van der Waals surface area contributed by atoms with Crippen molar-refractivity contribution in [3.63, 3.8) is 0 Å². The Morgan fingerprint density at radius 3 is 2.78 bits per heavy atom. The lowest BCUT2D eigenvalue weighted by Gasteiger charge is -2.16. The normalized spacial score (nSPS) is 16.8. The fraction of sp³-hybridized carbons (Fsp3) is 0.250. The van der Waals surface area contributed by atoms with Gasteiger partial charge in [-0.05, 0) is 30.2 Å². The number of aliphatic hydroxyl groups is 1. The zero-order chi connectivity index (χ0) is 19.0. The van der Waals surface area contributed by atoms with Gasteiger partial charge in [0.05, 0.1) is 22.7 Å². The summed E-state index contributed by atoms with van der Waals surface area (Å²) in [4.78, 5) is 26.0. The molecule has 138 valence electrons. The molecule has 1 aromatic heterocycles. The maximum Gasteiger partial charge on any atom is 0.272 e. The first-order valence-corrected chi connectivity index (χ1v) is 8.75. The van der Waals surface area contributed by atoms with E-state index in [4.69, 9.17) is 0 Å². The highest BCUT2D eigenvalue weighted by molar-refractivity contribution is 5.95. The van der Waals surface area contributed by atoms with Crippen LogP contribution in [0.4, 0.5) is 4.39 Å². The fourth-order valence-corrected chi connectivity index (χ4v) is 3.44. The summed E-state index contributed by atoms with van der Waals surface area (Å²) in [6.07, 6.45) is 0.290. The Hall–Kier alpha value is -3.06. The summed E-state index contributed by atoms with van der Waals surface area (Å²) in [6, 6.07) is 11.5. The van der Waals surface area contributed by atoms with Gasteiger partial charge in [0.25, 0.3) is 11.5 Å². The molecule has 3 aromatic rings. The summed E-state index contributed by atoms with van der Waals surface area (Å²) in [7, 11) is 0. The molecule has 6 nitrogen and oxygen atoms in total. The van der Waals surface area contributed by atoms with E-state index >= 15 is 0 Å². The number of carbonyl (C=O) groups excluding carboxylic acids is 1. The van der Waals surface area contributed by atoms with E-state index in [2.05, 4.69) is 10.2 Å². The number of aromatic amines is 1. The van der Waals surface area contributed by atoms with Gasteiger partial charge in [0.2, 0.25) is 0 Å². The first-order valence-electron chi connectivity index (χ1n) is 8.75. The van der Waals surface area contributed by atoms with Crippen molar-refractivity contribution in [3.8, 4) is 0 Å². The van der Waals surface area contributed by atoms with Gasteiger partial charge in [-0.3, -0.25) is 9.59 Å². The van der Waals surface area contributed by atoms with Gasteiger partial charge < -0.3 is 10.0 Å². The molecule has 1 saturated heterocycles. The van der Waals surface area contributed by atoms with Crippen LogP contribution in [0, 0.1) is 5.82 Å². The topological polar surface area (TPSA) is 86.3 Å². The smallest absolute Gasteiger partial charge is 0.272 e. The van der Waals surface area contributed by atoms with Crippen LogP contribution in [0.1, 0.15) is 28.0 Å². The summed E-state index contributed by atoms with van der Waals surface area (Å²) in [5.74, 6) is -1.02. The number of β-amino-alcohol motifs (C(OH)–C–C–N with tert-alkyl or cyclic N) is 1. The molecule has 0 saturated carbocycles. The van der Waals surface area contributed by atoms with Crippen LogP contribution in [0.25, 0.3) is 10.8 Å². The average molecular weight is 367 g/mol. The molecule has 1 unspecified atom stereocenters. The zero-order valence-corrected chi connectivity index (χ0v) is 14.5. The summed E-state index contributed by atoms with van der Waals surface area (Å²) in [5.41, 5.74) is 1.07. The third-order valence-corrected chi connectivity index (χ3v) is 4.86. The molecular formula is C20H18FN3O3. The van der Waals surface area contributed by atoms with E-state index in [9.17, 15) is 19.1 Å². The molecule has 7 heteroatoms. The van der Waals surface area contributed by atoms with E-state index in [0.717, 1.165) is 5.39 Å². The molecule has 27 heavy (non-hydrogen) atoms. The first-order chi connectivity index (χ1) is 13.0. The number of H-pyrrole nitrogens is 1. The number of rotatable bonds is 3. The van der Waals surface area contributed by atoms with Gasteiger partial charge in [0.15, 0.2) is 0 Å². The van der Waals surface area contributed by atoms with E-state index < -0.39 is 17.8 Å². The number of aliphatic hydroxyl groups excluding tert-OH is 1. The highest BCUT2D eigenvalue weighted by Crippen LogP contribution is 2.21. The highest BCUT2D eigenvalue weighted by atomic mass is 19.1. The fourth-order valence-electron chi connectivity index (χ4n) is 3.44. The van der Waals surface area contributed by atoms with E-state index in [-0.39, 0.29) is 17.7 Å². The van der Waals surface area contributed by atoms with Crippen LogP contribution in [-0.2, 0) is 6.42 Å². The second-order valence-corrected chi connectivity index (χ2v) is 6.73. The minimum absolute atomic E-state index is 0.0182. The van der Waals surface area contributed by atoms with Crippen molar-refractivity contribution in [1.29, 1.82) is 0 Å². The lowest BCUT2D eigenvalue weighted by molar-refractivity contribution is 0.0760. The van der Waals surface area contributed by atoms with Crippen molar-refractivity contribution < 1.29 is 14.3 Å². The molecule has 1 aliphatic heterocycles. The molecule has 0 spiro atoms. The number of carbonyl (C=O) groups is 1. The van der Waals surface area contributed by atoms with Crippen LogP contribution in [0.15, 0.2) is 47.3 Å². The Morgan fingerprint density at radius 2 is 2.04 bits per heavy atom. The molecule has 4 rings (SSSR count). The van der Waals surface area contributed by atoms with Gasteiger partial charge in [-0.15, -0.1) is 0 Å². The van der Waals surface area contributed by atoms with Crippen LogP contribution in [0.2, 0.25) is 0 Å². The monoisotopic (exact) mass is 367 g/mol. The maximum atomic E-state index is 14.2. The van der Waals surface area contributed by atoms with Gasteiger partial charge in [0.1, 0.15) is 5.82 Å². The number of nitrogens with zero attached hydrogens (tertiary/aromatic N) is 2. The van der Waals surface area contributed by atoms with Gasteiger partial charge >= 0.3 is 0 Å². The van der Waals surface area contributed by atoms with Crippen LogP contribution < -0.4 is 5.56 Å². The van der Waals surface area contributed by atoms with Gasteiger partial charge in [-0.25, -0.2) is 9.49 Å². The lowest BCUT2D eigenvalue weighted by atomic mass is 10.0. The molecule has 1 amide bonds. The molecular weight excluding hydrogens is 349 g/mol. The maximum absolute atomic E-state index is 14.2. The van der Waals surface area contributed by atoms with Crippen LogP contribution in [0.5, 0.6) is 0 Å². The number of hydrogen-bond donors (Lipinski definition) is 2. The third-order valence-electron chi connectivity index (χ3n) is 4.86. The second kappa shape index (κ2) is 6.92. The van der Waals surface area contributed by atoms with E-state index in [1.165, 1.54) is 17.0 Å². The Balaban J connectivity index is 1.67. The summed E-state index contributed by atoms with van der Waals surface area (Å²) in [5, 5.41) is 17.5. The van der Waals surface area contributed by atoms with Crippen LogP contribution >= 0.6 is 0 Å². The number of fused-ring (bicyclic) bond motifs is 1. The standard InChI is InChI=1S/C20H18FN3O3/c21-17-6-5-12(9-16(17)20(27)24-8-7-13(25)11-24)10-18-14-3-1-2-4-15(14)19(26)23-22-18/h1-6,9,13,25H,7-8,10-11H2,(H,23,26). The quantitative estimate of drug-likeness (QED) is 0.740. The number of halogens is 1. The summed E-state index contributed by atoms with van der Waals surface area (Å²) in [6.45, 7) is 0.629. The predicted octanol–water partition coefficient (Wildman–Crippen LogP) is 1.86. The molecule has 1 aliphatic rings. The van der Waals surface area contributed by atoms with E-state index in [1.54, 1.807) is 18.2 Å². The Kier molecular flexibility index (Phi) is 4.45. The number of aromatic nitrogens is 2. The number of benzene rings is 2. The third kappa shape index (κ3) is 3.33. The predicted molar refractivity (Wildman–Crippen MR) is 98.1 cm³/mol. The molecule has 0 aliphatic carbocycles. The Morgan fingerprint density at radius 1 is 1.26 bits per heavy atom. The lowest BCUT2D eigenvalue weighted by Crippen LogP contribution is -2.30. The SMILES string of the molecule is O=C(c1cc(Cc2n[nH]c(=O)c3ccccc23)ccc1F)N1CCC(O)C1. The van der Waals surface area contributed by atoms with Crippen molar-refractivity contribution in [2.45, 2.75) is 18.9 Å². The van der Waals surface area contributed by atoms with Crippen LogP contribution in [0.3, 0.4) is 0 Å². The van der Waals surface area contributed by atoms with Crippen molar-refractivity contribution in [2.24, 2.45) is 0 Å². The Labute approximate surface area is 154 Å². The van der Waals surface area contributed by atoms with E-state index in [0.29, 0.717) is 36.0 Å². The van der Waals surface area contributed by atoms with Crippen molar-refractivity contribution in [2.75, 3.05) is 13.1 Å².